The lowest BCUT2D eigenvalue weighted by Crippen LogP contribution is -2.29. The van der Waals surface area contributed by atoms with Gasteiger partial charge in [0.15, 0.2) is 0 Å². The van der Waals surface area contributed by atoms with Gasteiger partial charge in [0.2, 0.25) is 0 Å². The monoisotopic (exact) mass is 331 g/mol. The summed E-state index contributed by atoms with van der Waals surface area (Å²) in [5.74, 6) is 0. The molecule has 0 aliphatic carbocycles. The summed E-state index contributed by atoms with van der Waals surface area (Å²) >= 11 is 3.28. The summed E-state index contributed by atoms with van der Waals surface area (Å²) in [5.41, 5.74) is 2.77. The van der Waals surface area contributed by atoms with E-state index in [9.17, 15) is 0 Å². The Hall–Kier alpha value is -1.56. The third-order valence-electron chi connectivity index (χ3n) is 2.87. The van der Waals surface area contributed by atoms with Crippen LogP contribution in [-0.4, -0.2) is 22.2 Å². The van der Waals surface area contributed by atoms with Crippen molar-refractivity contribution in [2.75, 3.05) is 0 Å². The number of alkyl halides is 1. The molecule has 2 aromatic carbocycles. The molecular weight excluding hydrogens is 317 g/mol. The number of nitrogens with one attached hydrogen (secondary N) is 1. The highest BCUT2D eigenvalue weighted by molar-refractivity contribution is 9.08. The Morgan fingerprint density at radius 3 is 2.50 bits per heavy atom. The maximum atomic E-state index is 8.78. The highest BCUT2D eigenvalue weighted by Crippen LogP contribution is 2.09. The number of H-pyrrole nitrogens is 1. The van der Waals surface area contributed by atoms with Crippen molar-refractivity contribution in [3.63, 3.8) is 0 Å². The summed E-state index contributed by atoms with van der Waals surface area (Å²) in [6, 6.07) is 17.4. The minimum Gasteiger partial charge on any atom is -0.423 e. The Labute approximate surface area is 126 Å². The molecule has 0 aliphatic heterocycles. The summed E-state index contributed by atoms with van der Waals surface area (Å²) in [7, 11) is -1.37. The normalized spacial score (nSPS) is 9.95. The molecule has 102 valence electrons. The zero-order valence-corrected chi connectivity index (χ0v) is 12.4. The van der Waals surface area contributed by atoms with Crippen LogP contribution >= 0.6 is 15.9 Å². The van der Waals surface area contributed by atoms with Crippen molar-refractivity contribution in [3.8, 4) is 0 Å². The zero-order chi connectivity index (χ0) is 14.4. The molecule has 0 aliphatic rings. The van der Waals surface area contributed by atoms with Crippen LogP contribution in [-0.2, 0) is 5.33 Å². The minimum atomic E-state index is -1.37. The number of hydrogen-bond donors (Lipinski definition) is 3. The number of fused-ring (bicyclic) bond motifs is 1. The van der Waals surface area contributed by atoms with Crippen LogP contribution in [0.3, 0.4) is 0 Å². The van der Waals surface area contributed by atoms with Crippen LogP contribution in [0.25, 0.3) is 10.9 Å². The van der Waals surface area contributed by atoms with Gasteiger partial charge in [0.05, 0.1) is 0 Å². The van der Waals surface area contributed by atoms with Crippen LogP contribution in [0.1, 0.15) is 5.56 Å². The molecule has 0 amide bonds. The van der Waals surface area contributed by atoms with Gasteiger partial charge in [-0.3, -0.25) is 0 Å². The molecule has 1 aromatic heterocycles. The lowest BCUT2D eigenvalue weighted by atomic mass is 9.80. The Bertz CT molecular complexity index is 639. The molecule has 3 N–H and O–H groups in total. The molecule has 0 unspecified atom stereocenters. The van der Waals surface area contributed by atoms with Crippen molar-refractivity contribution in [2.45, 2.75) is 5.33 Å². The van der Waals surface area contributed by atoms with Gasteiger partial charge in [0.1, 0.15) is 0 Å². The summed E-state index contributed by atoms with van der Waals surface area (Å²) in [5, 5.41) is 19.6. The molecule has 0 saturated heterocycles. The number of hydrogen-bond acceptors (Lipinski definition) is 2. The third-order valence-corrected chi connectivity index (χ3v) is 3.51. The smallest absolute Gasteiger partial charge is 0.423 e. The van der Waals surface area contributed by atoms with E-state index >= 15 is 0 Å². The highest BCUT2D eigenvalue weighted by atomic mass is 79.9. The molecule has 0 radical (unpaired) electrons. The molecule has 5 heteroatoms. The standard InChI is InChI=1S/C8H7N.C7H8BBrO2/c1-2-4-8-7(3-1)5-6-9-8;9-5-6-2-1-3-7(4-6)8(10)11/h1-6,9H;1-4,10-11H,5H2. The molecular formula is C15H15BBrNO2. The lowest BCUT2D eigenvalue weighted by Gasteiger charge is -2.00. The predicted molar refractivity (Wildman–Crippen MR) is 87.2 cm³/mol. The average molecular weight is 332 g/mol. The topological polar surface area (TPSA) is 56.2 Å². The van der Waals surface area contributed by atoms with Crippen LogP contribution in [0.4, 0.5) is 0 Å². The van der Waals surface area contributed by atoms with Crippen LogP contribution in [0.2, 0.25) is 0 Å². The fraction of sp³-hybridized carbons (Fsp3) is 0.0667. The van der Waals surface area contributed by atoms with Crippen molar-refractivity contribution < 1.29 is 10.0 Å². The number of para-hydroxylation sites is 1. The summed E-state index contributed by atoms with van der Waals surface area (Å²) in [6.07, 6.45) is 1.95. The molecule has 0 spiro atoms. The van der Waals surface area contributed by atoms with E-state index in [-0.39, 0.29) is 0 Å². The zero-order valence-electron chi connectivity index (χ0n) is 10.8. The van der Waals surface area contributed by atoms with E-state index in [1.807, 2.05) is 24.4 Å². The number of aromatic nitrogens is 1. The fourth-order valence-electron chi connectivity index (χ4n) is 1.83. The van der Waals surface area contributed by atoms with Crippen LogP contribution in [0.15, 0.2) is 60.8 Å². The SMILES string of the molecule is OB(O)c1cccc(CBr)c1.c1ccc2[nH]ccc2c1. The van der Waals surface area contributed by atoms with Gasteiger partial charge in [-0.2, -0.15) is 0 Å². The number of aromatic amines is 1. The van der Waals surface area contributed by atoms with Crippen LogP contribution in [0, 0.1) is 0 Å². The Morgan fingerprint density at radius 2 is 1.80 bits per heavy atom. The first kappa shape index (κ1) is 14.8. The van der Waals surface area contributed by atoms with Crippen molar-refractivity contribution in [3.05, 3.63) is 66.4 Å². The summed E-state index contributed by atoms with van der Waals surface area (Å²) in [6.45, 7) is 0. The Kier molecular flexibility index (Phi) is 5.41. The van der Waals surface area contributed by atoms with Crippen LogP contribution in [0.5, 0.6) is 0 Å². The van der Waals surface area contributed by atoms with Gasteiger partial charge in [0.25, 0.3) is 0 Å². The minimum absolute atomic E-state index is 0.530. The molecule has 1 heterocycles. The van der Waals surface area contributed by atoms with E-state index in [4.69, 9.17) is 10.0 Å². The van der Waals surface area contributed by atoms with Gasteiger partial charge >= 0.3 is 7.12 Å². The molecule has 3 rings (SSSR count). The lowest BCUT2D eigenvalue weighted by molar-refractivity contribution is 0.425. The Morgan fingerprint density at radius 1 is 1.00 bits per heavy atom. The quantitative estimate of drug-likeness (QED) is 0.499. The first-order valence-corrected chi connectivity index (χ1v) is 7.36. The first-order valence-electron chi connectivity index (χ1n) is 6.24. The Balaban J connectivity index is 0.000000149. The van der Waals surface area contributed by atoms with Gasteiger partial charge in [-0.25, -0.2) is 0 Å². The van der Waals surface area contributed by atoms with Crippen molar-refractivity contribution in [1.29, 1.82) is 0 Å². The second-order valence-electron chi connectivity index (χ2n) is 4.32. The van der Waals surface area contributed by atoms with Gasteiger partial charge < -0.3 is 15.0 Å². The predicted octanol–water partition coefficient (Wildman–Crippen LogP) is 2.43. The largest absolute Gasteiger partial charge is 0.488 e. The van der Waals surface area contributed by atoms with E-state index in [1.165, 1.54) is 10.9 Å². The average Bonchev–Trinajstić information content (AvgIpc) is 2.96. The first-order chi connectivity index (χ1) is 9.70. The molecule has 20 heavy (non-hydrogen) atoms. The van der Waals surface area contributed by atoms with E-state index < -0.39 is 7.12 Å². The van der Waals surface area contributed by atoms with E-state index in [1.54, 1.807) is 18.2 Å². The molecule has 0 atom stereocenters. The van der Waals surface area contributed by atoms with Gasteiger partial charge in [-0.1, -0.05) is 58.4 Å². The third kappa shape index (κ3) is 3.97. The molecule has 3 nitrogen and oxygen atoms in total. The summed E-state index contributed by atoms with van der Waals surface area (Å²) in [4.78, 5) is 3.12. The number of rotatable bonds is 2. The van der Waals surface area contributed by atoms with Gasteiger partial charge in [-0.15, -0.1) is 0 Å². The van der Waals surface area contributed by atoms with E-state index in [0.717, 1.165) is 10.9 Å². The van der Waals surface area contributed by atoms with Crippen molar-refractivity contribution >= 4 is 39.4 Å². The van der Waals surface area contributed by atoms with E-state index in [0.29, 0.717) is 5.46 Å². The van der Waals surface area contributed by atoms with Crippen molar-refractivity contribution in [2.24, 2.45) is 0 Å². The van der Waals surface area contributed by atoms with Gasteiger partial charge in [-0.05, 0) is 28.5 Å². The molecule has 0 saturated carbocycles. The highest BCUT2D eigenvalue weighted by Gasteiger charge is 2.09. The summed E-state index contributed by atoms with van der Waals surface area (Å²) < 4.78 is 0. The number of halogens is 1. The van der Waals surface area contributed by atoms with Crippen LogP contribution < -0.4 is 5.46 Å². The fourth-order valence-corrected chi connectivity index (χ4v) is 2.18. The second kappa shape index (κ2) is 7.29. The second-order valence-corrected chi connectivity index (χ2v) is 4.88. The van der Waals surface area contributed by atoms with E-state index in [2.05, 4.69) is 39.1 Å². The molecule has 0 bridgehead atoms. The molecule has 3 aromatic rings. The maximum Gasteiger partial charge on any atom is 0.488 e. The van der Waals surface area contributed by atoms with Crippen molar-refractivity contribution in [1.82, 2.24) is 4.98 Å². The van der Waals surface area contributed by atoms with Gasteiger partial charge in [0, 0.05) is 17.0 Å². The number of benzene rings is 2. The molecule has 0 fully saturated rings. The maximum absolute atomic E-state index is 8.78.